The Morgan fingerprint density at radius 3 is 2.94 bits per heavy atom. The van der Waals surface area contributed by atoms with E-state index in [-0.39, 0.29) is 6.61 Å². The average Bonchev–Trinajstić information content (AvgIpc) is 2.77. The largest absolute Gasteiger partial charge is 0.454 e. The second kappa shape index (κ2) is 5.21. The number of aromatic nitrogens is 2. The van der Waals surface area contributed by atoms with Crippen molar-refractivity contribution in [3.63, 3.8) is 0 Å². The van der Waals surface area contributed by atoms with E-state index in [0.717, 1.165) is 6.54 Å². The van der Waals surface area contributed by atoms with Gasteiger partial charge < -0.3 is 9.84 Å². The Bertz CT molecular complexity index is 511. The van der Waals surface area contributed by atoms with Crippen LogP contribution in [0, 0.1) is 0 Å². The number of ether oxygens (including phenoxy) is 1. The van der Waals surface area contributed by atoms with Gasteiger partial charge in [-0.3, -0.25) is 4.68 Å². The number of aliphatic hydroxyl groups excluding tert-OH is 1. The Morgan fingerprint density at radius 2 is 2.29 bits per heavy atom. The molecule has 1 N–H and O–H groups in total. The first-order chi connectivity index (χ1) is 8.22. The molecule has 4 nitrogen and oxygen atoms in total. The van der Waals surface area contributed by atoms with Crippen molar-refractivity contribution in [2.45, 2.75) is 20.1 Å². The van der Waals surface area contributed by atoms with Crippen molar-refractivity contribution in [1.29, 1.82) is 0 Å². The van der Waals surface area contributed by atoms with Crippen LogP contribution >= 0.6 is 11.6 Å². The summed E-state index contributed by atoms with van der Waals surface area (Å²) in [6.45, 7) is 2.69. The van der Waals surface area contributed by atoms with Gasteiger partial charge in [0.2, 0.25) is 0 Å². The number of aliphatic hydroxyl groups is 1. The molecular formula is C12H13ClN2O2. The maximum absolute atomic E-state index is 9.19. The Balaban J connectivity index is 2.25. The van der Waals surface area contributed by atoms with Crippen LogP contribution in [0.1, 0.15) is 12.5 Å². The lowest BCUT2D eigenvalue weighted by molar-refractivity contribution is 0.276. The third kappa shape index (κ3) is 2.78. The van der Waals surface area contributed by atoms with Crippen molar-refractivity contribution in [3.8, 4) is 11.5 Å². The van der Waals surface area contributed by atoms with Gasteiger partial charge in [0.15, 0.2) is 5.75 Å². The van der Waals surface area contributed by atoms with Crippen molar-refractivity contribution < 1.29 is 9.84 Å². The number of benzene rings is 1. The second-order valence-corrected chi connectivity index (χ2v) is 3.98. The van der Waals surface area contributed by atoms with Gasteiger partial charge in [0.1, 0.15) is 5.75 Å². The summed E-state index contributed by atoms with van der Waals surface area (Å²) in [6.07, 6.45) is 3.42. The summed E-state index contributed by atoms with van der Waals surface area (Å²) in [6, 6.07) is 5.13. The summed E-state index contributed by atoms with van der Waals surface area (Å²) in [5, 5.41) is 13.9. The quantitative estimate of drug-likeness (QED) is 0.910. The van der Waals surface area contributed by atoms with Crippen LogP contribution in [0.4, 0.5) is 0 Å². The van der Waals surface area contributed by atoms with Crippen molar-refractivity contribution in [1.82, 2.24) is 9.78 Å². The molecule has 0 amide bonds. The van der Waals surface area contributed by atoms with Gasteiger partial charge in [0.25, 0.3) is 0 Å². The van der Waals surface area contributed by atoms with Gasteiger partial charge in [0.05, 0.1) is 19.0 Å². The minimum atomic E-state index is -0.0889. The molecule has 0 aliphatic heterocycles. The predicted octanol–water partition coefficient (Wildman–Crippen LogP) is 2.84. The van der Waals surface area contributed by atoms with Crippen LogP contribution in [0.3, 0.4) is 0 Å². The molecule has 1 heterocycles. The lowest BCUT2D eigenvalue weighted by Gasteiger charge is -2.08. The van der Waals surface area contributed by atoms with Crippen molar-refractivity contribution >= 4 is 11.6 Å². The van der Waals surface area contributed by atoms with Crippen molar-refractivity contribution in [2.24, 2.45) is 0 Å². The molecule has 0 aliphatic carbocycles. The number of hydrogen-bond donors (Lipinski definition) is 1. The lowest BCUT2D eigenvalue weighted by atomic mass is 10.2. The van der Waals surface area contributed by atoms with Gasteiger partial charge in [-0.2, -0.15) is 5.10 Å². The van der Waals surface area contributed by atoms with Gasteiger partial charge in [-0.05, 0) is 19.1 Å². The zero-order valence-corrected chi connectivity index (χ0v) is 10.2. The number of halogens is 1. The van der Waals surface area contributed by atoms with Gasteiger partial charge in [-0.15, -0.1) is 0 Å². The molecule has 5 heteroatoms. The smallest absolute Gasteiger partial charge is 0.165 e. The van der Waals surface area contributed by atoms with Crippen LogP contribution in [0.25, 0.3) is 0 Å². The molecule has 0 unspecified atom stereocenters. The summed E-state index contributed by atoms with van der Waals surface area (Å²) in [5.74, 6) is 1.18. The number of aryl methyl sites for hydroxylation is 1. The van der Waals surface area contributed by atoms with E-state index in [1.54, 1.807) is 35.3 Å². The molecule has 2 aromatic rings. The predicted molar refractivity (Wildman–Crippen MR) is 65.3 cm³/mol. The molecule has 0 spiro atoms. The topological polar surface area (TPSA) is 47.3 Å². The van der Waals surface area contributed by atoms with E-state index in [4.69, 9.17) is 16.3 Å². The van der Waals surface area contributed by atoms with Gasteiger partial charge >= 0.3 is 0 Å². The summed E-state index contributed by atoms with van der Waals surface area (Å²) in [5.41, 5.74) is 0.693. The maximum atomic E-state index is 9.19. The minimum Gasteiger partial charge on any atom is -0.454 e. The molecule has 90 valence electrons. The fourth-order valence-electron chi connectivity index (χ4n) is 1.45. The Morgan fingerprint density at radius 1 is 1.47 bits per heavy atom. The second-order valence-electron chi connectivity index (χ2n) is 3.54. The van der Waals surface area contributed by atoms with E-state index in [2.05, 4.69) is 5.10 Å². The molecule has 2 rings (SSSR count). The molecule has 0 aliphatic rings. The standard InChI is InChI=1S/C12H13ClN2O2/c1-2-15-7-11(6-14-15)17-12-5-10(13)4-3-9(12)8-16/h3-7,16H,2,8H2,1H3. The molecule has 1 aromatic carbocycles. The highest BCUT2D eigenvalue weighted by atomic mass is 35.5. The third-order valence-corrected chi connectivity index (χ3v) is 2.60. The van der Waals surface area contributed by atoms with E-state index < -0.39 is 0 Å². The first-order valence-electron chi connectivity index (χ1n) is 5.32. The third-order valence-electron chi connectivity index (χ3n) is 2.36. The zero-order chi connectivity index (χ0) is 12.3. The van der Waals surface area contributed by atoms with Gasteiger partial charge in [0, 0.05) is 17.1 Å². The number of nitrogens with zero attached hydrogens (tertiary/aromatic N) is 2. The number of rotatable bonds is 4. The van der Waals surface area contributed by atoms with E-state index in [1.807, 2.05) is 6.92 Å². The molecule has 0 bridgehead atoms. The minimum absolute atomic E-state index is 0.0889. The first kappa shape index (κ1) is 12.0. The molecule has 1 aromatic heterocycles. The molecule has 0 saturated carbocycles. The van der Waals surface area contributed by atoms with E-state index in [9.17, 15) is 5.11 Å². The highest BCUT2D eigenvalue weighted by molar-refractivity contribution is 6.30. The summed E-state index contributed by atoms with van der Waals surface area (Å²) in [4.78, 5) is 0. The van der Waals surface area contributed by atoms with Crippen molar-refractivity contribution in [3.05, 3.63) is 41.2 Å². The highest BCUT2D eigenvalue weighted by Crippen LogP contribution is 2.28. The zero-order valence-electron chi connectivity index (χ0n) is 9.43. The fraction of sp³-hybridized carbons (Fsp3) is 0.250. The van der Waals surface area contributed by atoms with Crippen LogP contribution in [-0.4, -0.2) is 14.9 Å². The van der Waals surface area contributed by atoms with E-state index >= 15 is 0 Å². The molecule has 17 heavy (non-hydrogen) atoms. The fourth-order valence-corrected chi connectivity index (χ4v) is 1.61. The molecule has 0 radical (unpaired) electrons. The first-order valence-corrected chi connectivity index (χ1v) is 5.70. The average molecular weight is 253 g/mol. The SMILES string of the molecule is CCn1cc(Oc2cc(Cl)ccc2CO)cn1. The van der Waals surface area contributed by atoms with E-state index in [0.29, 0.717) is 22.1 Å². The van der Waals surface area contributed by atoms with Crippen LogP contribution in [-0.2, 0) is 13.2 Å². The monoisotopic (exact) mass is 252 g/mol. The summed E-state index contributed by atoms with van der Waals surface area (Å²) < 4.78 is 7.40. The number of hydrogen-bond acceptors (Lipinski definition) is 3. The normalized spacial score (nSPS) is 10.5. The molecule has 0 fully saturated rings. The lowest BCUT2D eigenvalue weighted by Crippen LogP contribution is -1.93. The Kier molecular flexibility index (Phi) is 3.66. The molecule has 0 atom stereocenters. The van der Waals surface area contributed by atoms with Crippen LogP contribution in [0.2, 0.25) is 5.02 Å². The van der Waals surface area contributed by atoms with Gasteiger partial charge in [-0.25, -0.2) is 0 Å². The van der Waals surface area contributed by atoms with Gasteiger partial charge in [-0.1, -0.05) is 17.7 Å². The molecule has 0 saturated heterocycles. The Labute approximate surface area is 104 Å². The summed E-state index contributed by atoms with van der Waals surface area (Å²) in [7, 11) is 0. The van der Waals surface area contributed by atoms with Crippen molar-refractivity contribution in [2.75, 3.05) is 0 Å². The van der Waals surface area contributed by atoms with Crippen LogP contribution in [0.5, 0.6) is 11.5 Å². The van der Waals surface area contributed by atoms with Crippen LogP contribution in [0.15, 0.2) is 30.6 Å². The van der Waals surface area contributed by atoms with E-state index in [1.165, 1.54) is 0 Å². The Hall–Kier alpha value is -1.52. The maximum Gasteiger partial charge on any atom is 0.165 e. The highest BCUT2D eigenvalue weighted by Gasteiger charge is 2.06. The molecular weight excluding hydrogens is 240 g/mol. The van der Waals surface area contributed by atoms with Crippen LogP contribution < -0.4 is 4.74 Å². The summed E-state index contributed by atoms with van der Waals surface area (Å²) >= 11 is 5.89.